The summed E-state index contributed by atoms with van der Waals surface area (Å²) in [6.45, 7) is 3.81. The van der Waals surface area contributed by atoms with E-state index < -0.39 is 11.8 Å². The third kappa shape index (κ3) is 4.04. The summed E-state index contributed by atoms with van der Waals surface area (Å²) in [5.74, 6) is -0.189. The van der Waals surface area contributed by atoms with Crippen LogP contribution >= 0.6 is 28.1 Å². The smallest absolute Gasteiger partial charge is 0.270 e. The number of nitrogens with one attached hydrogen (secondary N) is 1. The second kappa shape index (κ2) is 8.34. The number of hydrogen-bond acceptors (Lipinski definition) is 5. The highest BCUT2D eigenvalue weighted by atomic mass is 79.9. The normalized spacial score (nSPS) is 15.6. The molecule has 6 nitrogen and oxygen atoms in total. The number of rotatable bonds is 4. The Morgan fingerprint density at radius 1 is 1.10 bits per heavy atom. The van der Waals surface area contributed by atoms with Crippen molar-refractivity contribution in [3.05, 3.63) is 57.1 Å². The second-order valence-electron chi connectivity index (χ2n) is 6.48. The Hall–Kier alpha value is -2.71. The van der Waals surface area contributed by atoms with Gasteiger partial charge in [0.1, 0.15) is 5.57 Å². The van der Waals surface area contributed by atoms with Gasteiger partial charge in [-0.25, -0.2) is 0 Å². The Morgan fingerprint density at radius 3 is 2.48 bits per heavy atom. The van der Waals surface area contributed by atoms with E-state index >= 15 is 0 Å². The maximum atomic E-state index is 13.3. The van der Waals surface area contributed by atoms with Crippen LogP contribution in [0, 0.1) is 13.8 Å². The van der Waals surface area contributed by atoms with E-state index in [0.717, 1.165) is 11.1 Å². The molecule has 1 aliphatic rings. The van der Waals surface area contributed by atoms with Crippen LogP contribution in [0.3, 0.4) is 0 Å². The van der Waals surface area contributed by atoms with Gasteiger partial charge in [0, 0.05) is 10.0 Å². The molecule has 1 fully saturated rings. The van der Waals surface area contributed by atoms with Crippen LogP contribution < -0.4 is 19.7 Å². The van der Waals surface area contributed by atoms with Gasteiger partial charge in [-0.15, -0.1) is 0 Å². The van der Waals surface area contributed by atoms with Crippen molar-refractivity contribution in [2.24, 2.45) is 0 Å². The second-order valence-corrected chi connectivity index (χ2v) is 7.78. The lowest BCUT2D eigenvalue weighted by Gasteiger charge is -2.30. The molecule has 0 atom stereocenters. The number of carbonyl (C=O) groups is 2. The van der Waals surface area contributed by atoms with Gasteiger partial charge in [-0.05, 0) is 61.5 Å². The van der Waals surface area contributed by atoms with Crippen LogP contribution in [0.25, 0.3) is 6.08 Å². The minimum atomic E-state index is -0.567. The van der Waals surface area contributed by atoms with Crippen LogP contribution in [-0.2, 0) is 9.59 Å². The first-order valence-electron chi connectivity index (χ1n) is 8.67. The molecule has 3 rings (SSSR count). The molecule has 0 saturated carbocycles. The molecule has 2 amide bonds. The standard InChI is InChI=1S/C21H19BrN2O4S/c1-11-5-6-12(2)16(7-11)24-20(26)15(19(25)23-21(24)29)9-13-8-14(22)10-17(27-3)18(13)28-4/h5-10H,1-4H3,(H,23,25,29)/b15-9+. The van der Waals surface area contributed by atoms with Crippen molar-refractivity contribution in [3.8, 4) is 11.5 Å². The van der Waals surface area contributed by atoms with Crippen LogP contribution in [0.5, 0.6) is 11.5 Å². The number of anilines is 1. The summed E-state index contributed by atoms with van der Waals surface area (Å²) in [6, 6.07) is 9.19. The van der Waals surface area contributed by atoms with Crippen molar-refractivity contribution in [2.45, 2.75) is 13.8 Å². The van der Waals surface area contributed by atoms with Crippen LogP contribution in [0.2, 0.25) is 0 Å². The fraction of sp³-hybridized carbons (Fsp3) is 0.190. The molecule has 8 heteroatoms. The molecule has 1 N–H and O–H groups in total. The number of amides is 2. The number of hydrogen-bond donors (Lipinski definition) is 1. The highest BCUT2D eigenvalue weighted by Gasteiger charge is 2.35. The SMILES string of the molecule is COc1cc(Br)cc(/C=C2\C(=O)NC(=S)N(c3cc(C)ccc3C)C2=O)c1OC. The first-order valence-corrected chi connectivity index (χ1v) is 9.87. The van der Waals surface area contributed by atoms with Gasteiger partial charge in [0.2, 0.25) is 0 Å². The molecule has 0 aliphatic carbocycles. The molecule has 1 heterocycles. The van der Waals surface area contributed by atoms with Gasteiger partial charge >= 0.3 is 0 Å². The molecule has 0 radical (unpaired) electrons. The number of ether oxygens (including phenoxy) is 2. The molecule has 0 spiro atoms. The maximum absolute atomic E-state index is 13.3. The van der Waals surface area contributed by atoms with Crippen LogP contribution in [0.1, 0.15) is 16.7 Å². The Labute approximate surface area is 182 Å². The maximum Gasteiger partial charge on any atom is 0.270 e. The van der Waals surface area contributed by atoms with Crippen LogP contribution in [-0.4, -0.2) is 31.1 Å². The van der Waals surface area contributed by atoms with E-state index in [0.29, 0.717) is 27.2 Å². The molecule has 1 saturated heterocycles. The molecule has 0 bridgehead atoms. The van der Waals surface area contributed by atoms with E-state index in [9.17, 15) is 9.59 Å². The predicted molar refractivity (Wildman–Crippen MR) is 119 cm³/mol. The quantitative estimate of drug-likeness (QED) is 0.413. The lowest BCUT2D eigenvalue weighted by Crippen LogP contribution is -2.54. The Balaban J connectivity index is 2.14. The highest BCUT2D eigenvalue weighted by molar-refractivity contribution is 9.10. The van der Waals surface area contributed by atoms with Gasteiger partial charge in [-0.2, -0.15) is 0 Å². The molecule has 0 unspecified atom stereocenters. The summed E-state index contributed by atoms with van der Waals surface area (Å²) in [4.78, 5) is 27.2. The summed E-state index contributed by atoms with van der Waals surface area (Å²) < 4.78 is 11.5. The lowest BCUT2D eigenvalue weighted by molar-refractivity contribution is -0.122. The predicted octanol–water partition coefficient (Wildman–Crippen LogP) is 3.91. The summed E-state index contributed by atoms with van der Waals surface area (Å²) in [7, 11) is 3.01. The monoisotopic (exact) mass is 474 g/mol. The number of thiocarbonyl (C=S) groups is 1. The molecule has 2 aromatic rings. The largest absolute Gasteiger partial charge is 0.493 e. The number of nitrogens with zero attached hydrogens (tertiary/aromatic N) is 1. The summed E-state index contributed by atoms with van der Waals surface area (Å²) in [6.07, 6.45) is 1.48. The van der Waals surface area contributed by atoms with Gasteiger partial charge in [0.05, 0.1) is 19.9 Å². The molecule has 0 aromatic heterocycles. The van der Waals surface area contributed by atoms with Crippen molar-refractivity contribution in [1.82, 2.24) is 5.32 Å². The number of methoxy groups -OCH3 is 2. The zero-order valence-electron chi connectivity index (χ0n) is 16.3. The Morgan fingerprint density at radius 2 is 1.83 bits per heavy atom. The molecule has 1 aliphatic heterocycles. The van der Waals surface area contributed by atoms with Gasteiger partial charge in [-0.1, -0.05) is 28.1 Å². The van der Waals surface area contributed by atoms with Gasteiger partial charge in [0.15, 0.2) is 16.6 Å². The molecular weight excluding hydrogens is 456 g/mol. The molecule has 150 valence electrons. The van der Waals surface area contributed by atoms with Gasteiger partial charge in [-0.3, -0.25) is 19.8 Å². The molecule has 29 heavy (non-hydrogen) atoms. The van der Waals surface area contributed by atoms with Gasteiger partial charge < -0.3 is 9.47 Å². The third-order valence-corrected chi connectivity index (χ3v) is 5.22. The van der Waals surface area contributed by atoms with E-state index in [-0.39, 0.29) is 10.7 Å². The van der Waals surface area contributed by atoms with E-state index in [1.807, 2.05) is 32.0 Å². The lowest BCUT2D eigenvalue weighted by atomic mass is 10.0. The number of aryl methyl sites for hydroxylation is 2. The molecular formula is C21H19BrN2O4S. The number of halogens is 1. The topological polar surface area (TPSA) is 67.9 Å². The zero-order valence-corrected chi connectivity index (χ0v) is 18.7. The van der Waals surface area contributed by atoms with Crippen LogP contribution in [0.15, 0.2) is 40.4 Å². The van der Waals surface area contributed by atoms with Crippen molar-refractivity contribution >= 4 is 56.8 Å². The Bertz CT molecular complexity index is 1060. The first-order chi connectivity index (χ1) is 13.8. The first kappa shape index (κ1) is 21.0. The molecule has 2 aromatic carbocycles. The van der Waals surface area contributed by atoms with E-state index in [1.54, 1.807) is 12.1 Å². The van der Waals surface area contributed by atoms with E-state index in [4.69, 9.17) is 21.7 Å². The van der Waals surface area contributed by atoms with Gasteiger partial charge in [0.25, 0.3) is 11.8 Å². The minimum Gasteiger partial charge on any atom is -0.493 e. The zero-order chi connectivity index (χ0) is 21.3. The average molecular weight is 475 g/mol. The minimum absolute atomic E-state index is 0.0460. The highest BCUT2D eigenvalue weighted by Crippen LogP contribution is 2.36. The van der Waals surface area contributed by atoms with Crippen molar-refractivity contribution in [1.29, 1.82) is 0 Å². The summed E-state index contributed by atoms with van der Waals surface area (Å²) >= 11 is 8.69. The average Bonchev–Trinajstić information content (AvgIpc) is 2.67. The van der Waals surface area contributed by atoms with E-state index in [2.05, 4.69) is 21.2 Å². The summed E-state index contributed by atoms with van der Waals surface area (Å²) in [5.41, 5.74) is 2.93. The summed E-state index contributed by atoms with van der Waals surface area (Å²) in [5, 5.41) is 2.65. The third-order valence-electron chi connectivity index (χ3n) is 4.48. The van der Waals surface area contributed by atoms with Crippen molar-refractivity contribution < 1.29 is 19.1 Å². The van der Waals surface area contributed by atoms with Crippen LogP contribution in [0.4, 0.5) is 5.69 Å². The van der Waals surface area contributed by atoms with Crippen molar-refractivity contribution in [2.75, 3.05) is 19.1 Å². The van der Waals surface area contributed by atoms with Crippen molar-refractivity contribution in [3.63, 3.8) is 0 Å². The fourth-order valence-corrected chi connectivity index (χ4v) is 3.79. The number of benzene rings is 2. The van der Waals surface area contributed by atoms with E-state index in [1.165, 1.54) is 25.2 Å². The Kier molecular flexibility index (Phi) is 6.04. The number of carbonyl (C=O) groups excluding carboxylic acids is 2. The fourth-order valence-electron chi connectivity index (χ4n) is 3.06.